The summed E-state index contributed by atoms with van der Waals surface area (Å²) >= 11 is 0. The maximum Gasteiger partial charge on any atom is 0.418 e. The number of rotatable bonds is 3. The third-order valence-corrected chi connectivity index (χ3v) is 4.92. The van der Waals surface area contributed by atoms with E-state index in [1.807, 2.05) is 13.8 Å². The van der Waals surface area contributed by atoms with Crippen molar-refractivity contribution >= 4 is 22.5 Å². The number of piperidine rings is 1. The highest BCUT2D eigenvalue weighted by Crippen LogP contribution is 2.38. The van der Waals surface area contributed by atoms with Crippen LogP contribution in [0.1, 0.15) is 32.8 Å². The molecule has 3 rings (SSSR count). The van der Waals surface area contributed by atoms with E-state index >= 15 is 0 Å². The Bertz CT molecular complexity index is 835. The van der Waals surface area contributed by atoms with Crippen molar-refractivity contribution in [2.24, 2.45) is 11.8 Å². The summed E-state index contributed by atoms with van der Waals surface area (Å²) in [5.74, 6) is 0.199. The zero-order valence-corrected chi connectivity index (χ0v) is 15.7. The van der Waals surface area contributed by atoms with Crippen LogP contribution in [0.25, 0.3) is 10.9 Å². The van der Waals surface area contributed by atoms with Crippen molar-refractivity contribution in [3.8, 4) is 0 Å². The Morgan fingerprint density at radius 1 is 1.26 bits per heavy atom. The Labute approximate surface area is 156 Å². The van der Waals surface area contributed by atoms with Crippen molar-refractivity contribution in [1.29, 1.82) is 0 Å². The van der Waals surface area contributed by atoms with E-state index in [2.05, 4.69) is 22.1 Å². The lowest BCUT2D eigenvalue weighted by Crippen LogP contribution is -2.51. The number of carbonyl (C=O) groups excluding carboxylic acids is 1. The lowest BCUT2D eigenvalue weighted by atomic mass is 9.94. The molecule has 0 spiro atoms. The van der Waals surface area contributed by atoms with Gasteiger partial charge >= 0.3 is 6.18 Å². The number of halogens is 3. The van der Waals surface area contributed by atoms with Gasteiger partial charge in [0, 0.05) is 42.3 Å². The van der Waals surface area contributed by atoms with Crippen molar-refractivity contribution < 1.29 is 18.0 Å². The minimum Gasteiger partial charge on any atom is -0.369 e. The molecule has 7 heteroatoms. The molecule has 1 aliphatic rings. The van der Waals surface area contributed by atoms with Gasteiger partial charge in [-0.05, 0) is 36.6 Å². The molecule has 1 saturated heterocycles. The highest BCUT2D eigenvalue weighted by atomic mass is 19.4. The van der Waals surface area contributed by atoms with Crippen molar-refractivity contribution in [2.45, 2.75) is 39.4 Å². The second-order valence-electron chi connectivity index (χ2n) is 7.64. The molecule has 1 fully saturated rings. The molecule has 1 amide bonds. The number of anilines is 1. The normalized spacial score (nSPS) is 20.9. The third-order valence-electron chi connectivity index (χ3n) is 4.92. The molecule has 2 atom stereocenters. The number of alkyl halides is 3. The quantitative estimate of drug-likeness (QED) is 0.868. The van der Waals surface area contributed by atoms with Crippen LogP contribution < -0.4 is 10.2 Å². The van der Waals surface area contributed by atoms with Gasteiger partial charge in [0.05, 0.1) is 11.1 Å². The molecule has 1 aliphatic heterocycles. The number of aromatic nitrogens is 1. The molecule has 2 aromatic rings. The topological polar surface area (TPSA) is 45.2 Å². The summed E-state index contributed by atoms with van der Waals surface area (Å²) in [7, 11) is 0. The number of fused-ring (bicyclic) bond motifs is 1. The summed E-state index contributed by atoms with van der Waals surface area (Å²) < 4.78 is 40.0. The highest BCUT2D eigenvalue weighted by molar-refractivity contribution is 5.94. The molecule has 0 bridgehead atoms. The van der Waals surface area contributed by atoms with Gasteiger partial charge in [-0.2, -0.15) is 13.2 Å². The minimum atomic E-state index is -4.45. The van der Waals surface area contributed by atoms with Crippen molar-refractivity contribution in [1.82, 2.24) is 10.3 Å². The van der Waals surface area contributed by atoms with Crippen LogP contribution in [0, 0.1) is 11.8 Å². The zero-order chi connectivity index (χ0) is 19.8. The Morgan fingerprint density at radius 2 is 2.00 bits per heavy atom. The Kier molecular flexibility index (Phi) is 5.31. The number of hydrogen-bond donors (Lipinski definition) is 1. The van der Waals surface area contributed by atoms with Crippen molar-refractivity contribution in [2.75, 3.05) is 18.0 Å². The molecular formula is C20H24F3N3O. The molecule has 0 radical (unpaired) electrons. The van der Waals surface area contributed by atoms with E-state index in [0.717, 1.165) is 24.7 Å². The van der Waals surface area contributed by atoms with E-state index in [9.17, 15) is 18.0 Å². The number of nitrogens with zero attached hydrogens (tertiary/aromatic N) is 2. The van der Waals surface area contributed by atoms with Crippen LogP contribution in [0.2, 0.25) is 0 Å². The molecule has 146 valence electrons. The van der Waals surface area contributed by atoms with Crippen LogP contribution in [-0.2, 0) is 11.0 Å². The largest absolute Gasteiger partial charge is 0.418 e. The van der Waals surface area contributed by atoms with E-state index in [1.165, 1.54) is 12.3 Å². The highest BCUT2D eigenvalue weighted by Gasteiger charge is 2.35. The summed E-state index contributed by atoms with van der Waals surface area (Å²) in [5, 5.41) is 3.54. The summed E-state index contributed by atoms with van der Waals surface area (Å²) in [6.45, 7) is 7.07. The molecular weight excluding hydrogens is 355 g/mol. The predicted molar refractivity (Wildman–Crippen MR) is 99.5 cm³/mol. The molecule has 2 heterocycles. The molecule has 1 N–H and O–H groups in total. The Morgan fingerprint density at radius 3 is 2.67 bits per heavy atom. The number of benzene rings is 1. The molecule has 1 aromatic carbocycles. The molecule has 27 heavy (non-hydrogen) atoms. The molecule has 0 unspecified atom stereocenters. The van der Waals surface area contributed by atoms with Gasteiger partial charge in [0.2, 0.25) is 5.91 Å². The predicted octanol–water partition coefficient (Wildman–Crippen LogP) is 4.24. The van der Waals surface area contributed by atoms with Crippen LogP contribution in [0.5, 0.6) is 0 Å². The maximum absolute atomic E-state index is 13.3. The molecule has 0 saturated carbocycles. The van der Waals surface area contributed by atoms with E-state index in [-0.39, 0.29) is 23.4 Å². The fraction of sp³-hybridized carbons (Fsp3) is 0.500. The van der Waals surface area contributed by atoms with Crippen LogP contribution in [0.15, 0.2) is 30.5 Å². The zero-order valence-electron chi connectivity index (χ0n) is 15.7. The molecule has 0 aliphatic carbocycles. The van der Waals surface area contributed by atoms with Crippen LogP contribution >= 0.6 is 0 Å². The first-order chi connectivity index (χ1) is 12.7. The fourth-order valence-corrected chi connectivity index (χ4v) is 3.68. The van der Waals surface area contributed by atoms with Crippen molar-refractivity contribution in [3.05, 3.63) is 36.0 Å². The second-order valence-corrected chi connectivity index (χ2v) is 7.64. The standard InChI is InChI=1S/C20H24F3N3O/c1-12(2)19(27)25-14-9-13(3)10-26(11-14)17-7-6-16(20(21,22)23)18-15(17)5-4-8-24-18/h4-8,12-14H,9-11H2,1-3H3,(H,25,27)/t13-,14+/m0/s1. The van der Waals surface area contributed by atoms with Crippen LogP contribution in [0.4, 0.5) is 18.9 Å². The number of carbonyl (C=O) groups is 1. The molecule has 1 aromatic heterocycles. The summed E-state index contributed by atoms with van der Waals surface area (Å²) in [5.41, 5.74) is -0.0403. The first-order valence-corrected chi connectivity index (χ1v) is 9.17. The summed E-state index contributed by atoms with van der Waals surface area (Å²) in [6.07, 6.45) is -2.22. The maximum atomic E-state index is 13.3. The van der Waals surface area contributed by atoms with Gasteiger partial charge in [0.15, 0.2) is 0 Å². The number of amides is 1. The summed E-state index contributed by atoms with van der Waals surface area (Å²) in [4.78, 5) is 18.1. The van der Waals surface area contributed by atoms with Gasteiger partial charge in [-0.3, -0.25) is 9.78 Å². The van der Waals surface area contributed by atoms with Crippen LogP contribution in [-0.4, -0.2) is 30.0 Å². The number of pyridine rings is 1. The fourth-order valence-electron chi connectivity index (χ4n) is 3.68. The van der Waals surface area contributed by atoms with E-state index in [4.69, 9.17) is 0 Å². The minimum absolute atomic E-state index is 0.00649. The van der Waals surface area contributed by atoms with Gasteiger partial charge in [0.25, 0.3) is 0 Å². The lowest BCUT2D eigenvalue weighted by Gasteiger charge is -2.39. The monoisotopic (exact) mass is 379 g/mol. The van der Waals surface area contributed by atoms with Gasteiger partial charge in [-0.1, -0.05) is 20.8 Å². The average molecular weight is 379 g/mol. The van der Waals surface area contributed by atoms with Gasteiger partial charge < -0.3 is 10.2 Å². The summed E-state index contributed by atoms with van der Waals surface area (Å²) in [6, 6.07) is 5.92. The SMILES string of the molecule is CC(C)C(=O)N[C@@H]1C[C@H](C)CN(c2ccc(C(F)(F)F)c3ncccc23)C1. The van der Waals surface area contributed by atoms with Gasteiger partial charge in [0.1, 0.15) is 0 Å². The average Bonchev–Trinajstić information content (AvgIpc) is 2.59. The van der Waals surface area contributed by atoms with E-state index in [1.54, 1.807) is 12.1 Å². The smallest absolute Gasteiger partial charge is 0.369 e. The van der Waals surface area contributed by atoms with Gasteiger partial charge in [-0.25, -0.2) is 0 Å². The Balaban J connectivity index is 1.96. The lowest BCUT2D eigenvalue weighted by molar-refractivity contribution is -0.136. The van der Waals surface area contributed by atoms with E-state index in [0.29, 0.717) is 17.8 Å². The molecule has 4 nitrogen and oxygen atoms in total. The number of nitrogens with one attached hydrogen (secondary N) is 1. The first-order valence-electron chi connectivity index (χ1n) is 9.17. The number of hydrogen-bond acceptors (Lipinski definition) is 3. The third kappa shape index (κ3) is 4.17. The van der Waals surface area contributed by atoms with Crippen LogP contribution in [0.3, 0.4) is 0 Å². The van der Waals surface area contributed by atoms with Gasteiger partial charge in [-0.15, -0.1) is 0 Å². The first kappa shape index (κ1) is 19.5. The van der Waals surface area contributed by atoms with E-state index < -0.39 is 11.7 Å². The van der Waals surface area contributed by atoms with Crippen molar-refractivity contribution in [3.63, 3.8) is 0 Å². The Hall–Kier alpha value is -2.31. The second kappa shape index (κ2) is 7.37.